The molecule has 1 aliphatic heterocycles. The number of carbonyl (C=O) groups is 2. The molecule has 6 heteroatoms. The Labute approximate surface area is 131 Å². The molecule has 2 aromatic carbocycles. The molecule has 0 fully saturated rings. The molecule has 2 aromatic rings. The Bertz CT molecular complexity index is 759. The number of carbonyl (C=O) groups excluding carboxylic acids is 2. The van der Waals surface area contributed by atoms with Gasteiger partial charge in [0.25, 0.3) is 5.91 Å². The molecule has 0 radical (unpaired) electrons. The van der Waals surface area contributed by atoms with Crippen molar-refractivity contribution in [2.45, 2.75) is 6.42 Å². The van der Waals surface area contributed by atoms with Gasteiger partial charge in [0.1, 0.15) is 0 Å². The molecule has 0 atom stereocenters. The molecule has 0 aliphatic carbocycles. The van der Waals surface area contributed by atoms with E-state index in [0.717, 1.165) is 5.56 Å². The molecule has 0 bridgehead atoms. The fraction of sp³-hybridized carbons (Fsp3) is 0.0667. The molecule has 0 unspecified atom stereocenters. The van der Waals surface area contributed by atoms with E-state index in [0.29, 0.717) is 33.4 Å². The second kappa shape index (κ2) is 5.39. The van der Waals surface area contributed by atoms with Gasteiger partial charge in [0.2, 0.25) is 5.91 Å². The maximum atomic E-state index is 12.2. The van der Waals surface area contributed by atoms with Crippen LogP contribution in [0.15, 0.2) is 36.4 Å². The molecule has 0 aromatic heterocycles. The summed E-state index contributed by atoms with van der Waals surface area (Å²) >= 11 is 11.8. The zero-order valence-electron chi connectivity index (χ0n) is 10.7. The van der Waals surface area contributed by atoms with Crippen LogP contribution in [0.3, 0.4) is 0 Å². The number of hydrogen-bond donors (Lipinski definition) is 2. The van der Waals surface area contributed by atoms with Crippen LogP contribution in [0.4, 0.5) is 11.4 Å². The van der Waals surface area contributed by atoms with Crippen LogP contribution in [-0.4, -0.2) is 11.8 Å². The summed E-state index contributed by atoms with van der Waals surface area (Å²) in [6, 6.07) is 9.94. The summed E-state index contributed by atoms with van der Waals surface area (Å²) in [6.07, 6.45) is 0.347. The fourth-order valence-corrected chi connectivity index (χ4v) is 2.60. The first-order chi connectivity index (χ1) is 10.0. The Morgan fingerprint density at radius 2 is 1.95 bits per heavy atom. The number of hydrogen-bond acceptors (Lipinski definition) is 2. The molecule has 106 valence electrons. The number of amides is 2. The van der Waals surface area contributed by atoms with E-state index < -0.39 is 0 Å². The zero-order chi connectivity index (χ0) is 15.0. The maximum Gasteiger partial charge on any atom is 0.255 e. The highest BCUT2D eigenvalue weighted by atomic mass is 35.5. The van der Waals surface area contributed by atoms with Crippen LogP contribution in [-0.2, 0) is 11.2 Å². The maximum absolute atomic E-state index is 12.2. The summed E-state index contributed by atoms with van der Waals surface area (Å²) in [7, 11) is 0. The van der Waals surface area contributed by atoms with Crippen LogP contribution in [0, 0.1) is 0 Å². The summed E-state index contributed by atoms with van der Waals surface area (Å²) in [5.41, 5.74) is 2.49. The molecule has 1 heterocycles. The zero-order valence-corrected chi connectivity index (χ0v) is 12.3. The highest BCUT2D eigenvalue weighted by molar-refractivity contribution is 6.36. The average Bonchev–Trinajstić information content (AvgIpc) is 2.80. The Kier molecular flexibility index (Phi) is 3.57. The first kappa shape index (κ1) is 13.9. The lowest BCUT2D eigenvalue weighted by molar-refractivity contribution is -0.115. The molecule has 0 spiro atoms. The Morgan fingerprint density at radius 1 is 1.14 bits per heavy atom. The fourth-order valence-electron chi connectivity index (χ4n) is 2.14. The van der Waals surface area contributed by atoms with Gasteiger partial charge >= 0.3 is 0 Å². The van der Waals surface area contributed by atoms with E-state index in [1.165, 1.54) is 0 Å². The number of nitrogens with one attached hydrogen (secondary N) is 2. The molecule has 0 saturated carbocycles. The van der Waals surface area contributed by atoms with Gasteiger partial charge in [0, 0.05) is 16.3 Å². The molecular formula is C15H10Cl2N2O2. The third-order valence-corrected chi connectivity index (χ3v) is 3.72. The van der Waals surface area contributed by atoms with Gasteiger partial charge < -0.3 is 10.6 Å². The van der Waals surface area contributed by atoms with E-state index in [-0.39, 0.29) is 11.8 Å². The molecule has 21 heavy (non-hydrogen) atoms. The van der Waals surface area contributed by atoms with Gasteiger partial charge in [-0.05, 0) is 35.9 Å². The summed E-state index contributed by atoms with van der Waals surface area (Å²) < 4.78 is 0. The lowest BCUT2D eigenvalue weighted by atomic mass is 10.1. The molecule has 1 aliphatic rings. The van der Waals surface area contributed by atoms with Gasteiger partial charge in [-0.3, -0.25) is 9.59 Å². The van der Waals surface area contributed by atoms with Crippen LogP contribution in [0.1, 0.15) is 15.9 Å². The van der Waals surface area contributed by atoms with Crippen molar-refractivity contribution in [3.8, 4) is 0 Å². The first-order valence-corrected chi connectivity index (χ1v) is 6.98. The topological polar surface area (TPSA) is 58.2 Å². The summed E-state index contributed by atoms with van der Waals surface area (Å²) in [6.45, 7) is 0. The van der Waals surface area contributed by atoms with Crippen molar-refractivity contribution in [1.82, 2.24) is 0 Å². The standard InChI is InChI=1S/C15H10Cl2N2O2/c16-10-3-4-12(11(17)7-10)19-15(21)9-2-1-8-6-14(20)18-13(8)5-9/h1-5,7H,6H2,(H,18,20)(H,19,21). The SMILES string of the molecule is O=C1Cc2ccc(C(=O)Nc3ccc(Cl)cc3Cl)cc2N1. The van der Waals surface area contributed by atoms with E-state index in [4.69, 9.17) is 23.2 Å². The molecule has 4 nitrogen and oxygen atoms in total. The Hall–Kier alpha value is -2.04. The van der Waals surface area contributed by atoms with Crippen LogP contribution in [0.25, 0.3) is 0 Å². The van der Waals surface area contributed by atoms with Crippen LogP contribution < -0.4 is 10.6 Å². The average molecular weight is 321 g/mol. The predicted octanol–water partition coefficient (Wildman–Crippen LogP) is 3.74. The third-order valence-electron chi connectivity index (χ3n) is 3.18. The van der Waals surface area contributed by atoms with Crippen molar-refractivity contribution in [2.24, 2.45) is 0 Å². The van der Waals surface area contributed by atoms with Crippen molar-refractivity contribution in [2.75, 3.05) is 10.6 Å². The largest absolute Gasteiger partial charge is 0.326 e. The van der Waals surface area contributed by atoms with Crippen LogP contribution in [0.5, 0.6) is 0 Å². The van der Waals surface area contributed by atoms with Crippen LogP contribution >= 0.6 is 23.2 Å². The number of rotatable bonds is 2. The van der Waals surface area contributed by atoms with Crippen molar-refractivity contribution >= 4 is 46.4 Å². The number of fused-ring (bicyclic) bond motifs is 1. The van der Waals surface area contributed by atoms with Crippen molar-refractivity contribution in [3.05, 3.63) is 57.6 Å². The lowest BCUT2D eigenvalue weighted by Gasteiger charge is -2.08. The molecule has 3 rings (SSSR count). The highest BCUT2D eigenvalue weighted by Crippen LogP contribution is 2.27. The summed E-state index contributed by atoms with van der Waals surface area (Å²) in [5.74, 6) is -0.369. The van der Waals surface area contributed by atoms with Crippen LogP contribution in [0.2, 0.25) is 10.0 Å². The number of anilines is 2. The quantitative estimate of drug-likeness (QED) is 0.885. The normalized spacial score (nSPS) is 12.8. The van der Waals surface area contributed by atoms with Gasteiger partial charge in [0.15, 0.2) is 0 Å². The van der Waals surface area contributed by atoms with E-state index in [1.54, 1.807) is 36.4 Å². The Balaban J connectivity index is 1.83. The smallest absolute Gasteiger partial charge is 0.255 e. The summed E-state index contributed by atoms with van der Waals surface area (Å²) in [4.78, 5) is 23.5. The van der Waals surface area contributed by atoms with E-state index in [9.17, 15) is 9.59 Å². The van der Waals surface area contributed by atoms with E-state index in [2.05, 4.69) is 10.6 Å². The van der Waals surface area contributed by atoms with Crippen molar-refractivity contribution in [1.29, 1.82) is 0 Å². The second-order valence-corrected chi connectivity index (χ2v) is 5.52. The summed E-state index contributed by atoms with van der Waals surface area (Å²) in [5, 5.41) is 6.29. The first-order valence-electron chi connectivity index (χ1n) is 6.22. The van der Waals surface area contributed by atoms with Gasteiger partial charge in [-0.1, -0.05) is 29.3 Å². The molecule has 0 saturated heterocycles. The monoisotopic (exact) mass is 320 g/mol. The van der Waals surface area contributed by atoms with Gasteiger partial charge in [-0.25, -0.2) is 0 Å². The van der Waals surface area contributed by atoms with E-state index in [1.807, 2.05) is 0 Å². The van der Waals surface area contributed by atoms with Gasteiger partial charge in [-0.15, -0.1) is 0 Å². The van der Waals surface area contributed by atoms with Gasteiger partial charge in [0.05, 0.1) is 17.1 Å². The van der Waals surface area contributed by atoms with Crippen molar-refractivity contribution < 1.29 is 9.59 Å². The minimum Gasteiger partial charge on any atom is -0.326 e. The van der Waals surface area contributed by atoms with Gasteiger partial charge in [-0.2, -0.15) is 0 Å². The highest BCUT2D eigenvalue weighted by Gasteiger charge is 2.19. The minimum atomic E-state index is -0.303. The predicted molar refractivity (Wildman–Crippen MR) is 83.2 cm³/mol. The minimum absolute atomic E-state index is 0.0664. The number of halogens is 2. The molecule has 2 amide bonds. The second-order valence-electron chi connectivity index (χ2n) is 4.68. The Morgan fingerprint density at radius 3 is 2.71 bits per heavy atom. The number of benzene rings is 2. The lowest BCUT2D eigenvalue weighted by Crippen LogP contribution is -2.12. The molecular weight excluding hydrogens is 311 g/mol. The van der Waals surface area contributed by atoms with Crippen molar-refractivity contribution in [3.63, 3.8) is 0 Å². The third kappa shape index (κ3) is 2.86. The molecule has 2 N–H and O–H groups in total. The van der Waals surface area contributed by atoms with E-state index >= 15 is 0 Å².